The summed E-state index contributed by atoms with van der Waals surface area (Å²) in [4.78, 5) is 42.2. The minimum atomic E-state index is -4.64. The number of halogens is 1. The van der Waals surface area contributed by atoms with E-state index in [9.17, 15) is 19.4 Å². The van der Waals surface area contributed by atoms with Gasteiger partial charge in [-0.05, 0) is 0 Å². The number of ether oxygens (including phenoxy) is 1. The average molecular weight is 384 g/mol. The van der Waals surface area contributed by atoms with Gasteiger partial charge in [0.15, 0.2) is 17.4 Å². The molecule has 0 amide bonds. The molecule has 0 spiro atoms. The zero-order valence-corrected chi connectivity index (χ0v) is 13.1. The first-order valence-electron chi connectivity index (χ1n) is 6.56. The van der Waals surface area contributed by atoms with Crippen LogP contribution >= 0.6 is 7.82 Å². The van der Waals surface area contributed by atoms with E-state index < -0.39 is 50.6 Å². The van der Waals surface area contributed by atoms with Gasteiger partial charge in [0.25, 0.3) is 11.6 Å². The number of rotatable bonds is 2. The highest BCUT2D eigenvalue weighted by Crippen LogP contribution is 2.30. The monoisotopic (exact) mass is 384 g/mol. The summed E-state index contributed by atoms with van der Waals surface area (Å²) < 4.78 is 28.4. The van der Waals surface area contributed by atoms with Gasteiger partial charge in [0, 0.05) is 0 Å². The van der Waals surface area contributed by atoms with Crippen molar-refractivity contribution in [2.24, 2.45) is 0 Å². The van der Waals surface area contributed by atoms with Crippen LogP contribution in [0.25, 0.3) is 11.2 Å². The molecule has 0 saturated carbocycles. The van der Waals surface area contributed by atoms with Crippen LogP contribution in [0, 0.1) is 6.08 Å². The van der Waals surface area contributed by atoms with E-state index in [4.69, 9.17) is 29.1 Å². The van der Waals surface area contributed by atoms with Gasteiger partial charge in [-0.2, -0.15) is 9.37 Å². The topological polar surface area (TPSA) is 211 Å². The third kappa shape index (κ3) is 4.45. The molecule has 0 aromatic carbocycles. The third-order valence-corrected chi connectivity index (χ3v) is 3.19. The van der Waals surface area contributed by atoms with Crippen LogP contribution in [0.1, 0.15) is 6.23 Å². The normalized spacial score (nSPS) is 26.5. The number of phosphoric acid groups is 1. The maximum Gasteiger partial charge on any atom is 0.466 e. The van der Waals surface area contributed by atoms with Gasteiger partial charge in [0.2, 0.25) is 0 Å². The summed E-state index contributed by atoms with van der Waals surface area (Å²) in [5.74, 6) is 0. The van der Waals surface area contributed by atoms with Gasteiger partial charge >= 0.3 is 7.82 Å². The maximum absolute atomic E-state index is 13.2. The molecular weight excluding hydrogens is 370 g/mol. The van der Waals surface area contributed by atoms with Crippen molar-refractivity contribution in [1.82, 2.24) is 19.5 Å². The fourth-order valence-corrected chi connectivity index (χ4v) is 2.20. The van der Waals surface area contributed by atoms with Gasteiger partial charge in [-0.15, -0.1) is 0 Å². The SMILES string of the molecule is O=P(O)(O)O.O=c1[nH]c(F)nc2c1ncn2[C@@H]1O[C@H](CO)[C@@H](O)[C@H]1O. The second-order valence-corrected chi connectivity index (χ2v) is 5.95. The summed E-state index contributed by atoms with van der Waals surface area (Å²) in [7, 11) is -4.64. The van der Waals surface area contributed by atoms with Crippen molar-refractivity contribution in [3.05, 3.63) is 22.8 Å². The van der Waals surface area contributed by atoms with Crippen LogP contribution < -0.4 is 5.56 Å². The van der Waals surface area contributed by atoms with Crippen molar-refractivity contribution < 1.29 is 43.7 Å². The molecule has 0 bridgehead atoms. The van der Waals surface area contributed by atoms with Crippen LogP contribution in [0.5, 0.6) is 0 Å². The molecule has 140 valence electrons. The van der Waals surface area contributed by atoms with Crippen molar-refractivity contribution in [3.8, 4) is 0 Å². The number of hydrogen-bond donors (Lipinski definition) is 7. The molecule has 15 heteroatoms. The molecular formula is C10H14FN4O9P. The lowest BCUT2D eigenvalue weighted by atomic mass is 10.1. The summed E-state index contributed by atoms with van der Waals surface area (Å²) >= 11 is 0. The Morgan fingerprint density at radius 3 is 2.44 bits per heavy atom. The van der Waals surface area contributed by atoms with Gasteiger partial charge < -0.3 is 34.7 Å². The number of imidazole rings is 1. The van der Waals surface area contributed by atoms with Crippen molar-refractivity contribution in [2.75, 3.05) is 6.61 Å². The number of H-pyrrole nitrogens is 1. The van der Waals surface area contributed by atoms with Gasteiger partial charge in [0.05, 0.1) is 12.9 Å². The lowest BCUT2D eigenvalue weighted by Gasteiger charge is -2.16. The van der Waals surface area contributed by atoms with Gasteiger partial charge in [-0.1, -0.05) is 0 Å². The summed E-state index contributed by atoms with van der Waals surface area (Å²) in [6, 6.07) is 0. The Labute approximate surface area is 137 Å². The minimum Gasteiger partial charge on any atom is -0.394 e. The van der Waals surface area contributed by atoms with E-state index in [0.717, 1.165) is 10.9 Å². The smallest absolute Gasteiger partial charge is 0.394 e. The number of aliphatic hydroxyl groups is 3. The molecule has 0 unspecified atom stereocenters. The first-order valence-corrected chi connectivity index (χ1v) is 8.12. The molecule has 7 N–H and O–H groups in total. The van der Waals surface area contributed by atoms with Crippen LogP contribution in [0.15, 0.2) is 11.1 Å². The molecule has 2 aromatic rings. The first-order chi connectivity index (χ1) is 11.5. The van der Waals surface area contributed by atoms with Crippen molar-refractivity contribution in [2.45, 2.75) is 24.5 Å². The number of nitrogens with zero attached hydrogens (tertiary/aromatic N) is 3. The van der Waals surface area contributed by atoms with E-state index in [1.807, 2.05) is 4.98 Å². The maximum atomic E-state index is 13.2. The van der Waals surface area contributed by atoms with Crippen LogP contribution in [0.2, 0.25) is 0 Å². The van der Waals surface area contributed by atoms with E-state index in [-0.39, 0.29) is 11.2 Å². The number of hydrogen-bond acceptors (Lipinski definition) is 8. The Hall–Kier alpha value is -1.77. The lowest BCUT2D eigenvalue weighted by Crippen LogP contribution is -2.33. The molecule has 1 aliphatic heterocycles. The predicted molar refractivity (Wildman–Crippen MR) is 75.4 cm³/mol. The molecule has 25 heavy (non-hydrogen) atoms. The van der Waals surface area contributed by atoms with E-state index >= 15 is 0 Å². The fourth-order valence-electron chi connectivity index (χ4n) is 2.20. The second kappa shape index (κ2) is 7.23. The molecule has 0 aliphatic carbocycles. The van der Waals surface area contributed by atoms with Crippen LogP contribution in [-0.4, -0.2) is 74.4 Å². The molecule has 1 saturated heterocycles. The Morgan fingerprint density at radius 1 is 1.32 bits per heavy atom. The van der Waals surface area contributed by atoms with Gasteiger partial charge in [-0.3, -0.25) is 14.3 Å². The number of aromatic amines is 1. The predicted octanol–water partition coefficient (Wildman–Crippen LogP) is -3.06. The van der Waals surface area contributed by atoms with E-state index in [1.165, 1.54) is 0 Å². The minimum absolute atomic E-state index is 0.121. The molecule has 13 nitrogen and oxygen atoms in total. The average Bonchev–Trinajstić information content (AvgIpc) is 3.00. The molecule has 0 radical (unpaired) electrons. The van der Waals surface area contributed by atoms with Crippen molar-refractivity contribution >= 4 is 19.0 Å². The second-order valence-electron chi connectivity index (χ2n) is 4.92. The quantitative estimate of drug-likeness (QED) is 0.204. The van der Waals surface area contributed by atoms with Crippen LogP contribution in [-0.2, 0) is 9.30 Å². The van der Waals surface area contributed by atoms with Crippen molar-refractivity contribution in [1.29, 1.82) is 0 Å². The molecule has 4 atom stereocenters. The fraction of sp³-hybridized carbons (Fsp3) is 0.500. The van der Waals surface area contributed by atoms with E-state index in [1.54, 1.807) is 0 Å². The highest BCUT2D eigenvalue weighted by Gasteiger charge is 2.44. The molecule has 1 fully saturated rings. The summed E-state index contributed by atoms with van der Waals surface area (Å²) in [6.45, 7) is -0.496. The van der Waals surface area contributed by atoms with Crippen LogP contribution in [0.4, 0.5) is 4.39 Å². The largest absolute Gasteiger partial charge is 0.466 e. The standard InChI is InChI=1S/C10H11FN4O5.H3O4P/c11-10-13-7-4(8(19)14-10)12-2-15(7)9-6(18)5(17)3(1-16)20-9;1-5(2,3)4/h2-3,5-6,9,16-18H,1H2,(H,13,14,19);(H3,1,2,3,4)/t3-,5-,6-,9-;/m1./s1. The van der Waals surface area contributed by atoms with Crippen LogP contribution in [0.3, 0.4) is 0 Å². The van der Waals surface area contributed by atoms with Gasteiger partial charge in [-0.25, -0.2) is 9.55 Å². The molecule has 1 aliphatic rings. The van der Waals surface area contributed by atoms with Gasteiger partial charge in [0.1, 0.15) is 18.3 Å². The zero-order valence-electron chi connectivity index (χ0n) is 12.2. The Bertz CT molecular complexity index is 842. The van der Waals surface area contributed by atoms with E-state index in [2.05, 4.69) is 9.97 Å². The summed E-state index contributed by atoms with van der Waals surface area (Å²) in [5, 5.41) is 28.6. The Kier molecular flexibility index (Phi) is 5.65. The molecule has 3 heterocycles. The number of fused-ring (bicyclic) bond motifs is 1. The first kappa shape index (κ1) is 19.6. The number of aromatic nitrogens is 4. The molecule has 3 rings (SSSR count). The molecule has 2 aromatic heterocycles. The highest BCUT2D eigenvalue weighted by molar-refractivity contribution is 7.45. The zero-order chi connectivity index (χ0) is 18.9. The summed E-state index contributed by atoms with van der Waals surface area (Å²) in [5.41, 5.74) is -1.01. The van der Waals surface area contributed by atoms with E-state index in [0.29, 0.717) is 0 Å². The number of aliphatic hydroxyl groups excluding tert-OH is 3. The Morgan fingerprint density at radius 2 is 1.92 bits per heavy atom. The third-order valence-electron chi connectivity index (χ3n) is 3.19. The number of nitrogens with one attached hydrogen (secondary N) is 1. The lowest BCUT2D eigenvalue weighted by molar-refractivity contribution is -0.0511. The Balaban J connectivity index is 0.000000399. The van der Waals surface area contributed by atoms with Crippen molar-refractivity contribution in [3.63, 3.8) is 0 Å². The summed E-state index contributed by atoms with van der Waals surface area (Å²) in [6.07, 6.45) is -4.74. The highest BCUT2D eigenvalue weighted by atomic mass is 31.2.